The second-order valence-corrected chi connectivity index (χ2v) is 8.39. The van der Waals surface area contributed by atoms with E-state index in [4.69, 9.17) is 0 Å². The van der Waals surface area contributed by atoms with Crippen molar-refractivity contribution in [2.75, 3.05) is 32.7 Å². The molecule has 4 nitrogen and oxygen atoms in total. The third-order valence-electron chi connectivity index (χ3n) is 6.25. The molecule has 0 radical (unpaired) electrons. The Kier molecular flexibility index (Phi) is 9.12. The molecule has 3 rings (SSSR count). The third-order valence-corrected chi connectivity index (χ3v) is 6.25. The second kappa shape index (κ2) is 10.1. The van der Waals surface area contributed by atoms with Crippen molar-refractivity contribution >= 4 is 24.8 Å². The van der Waals surface area contributed by atoms with Gasteiger partial charge in [-0.25, -0.2) is 0 Å². The van der Waals surface area contributed by atoms with Gasteiger partial charge in [0.1, 0.15) is 5.75 Å². The first kappa shape index (κ1) is 26.3. The molecule has 1 aromatic rings. The van der Waals surface area contributed by atoms with Crippen LogP contribution in [0.25, 0.3) is 0 Å². The van der Waals surface area contributed by atoms with Gasteiger partial charge in [0.15, 0.2) is 0 Å². The number of benzene rings is 1. The van der Waals surface area contributed by atoms with E-state index in [1.54, 1.807) is 6.07 Å². The number of ether oxygens (including phenoxy) is 1. The predicted octanol–water partition coefficient (Wildman–Crippen LogP) is 4.36. The summed E-state index contributed by atoms with van der Waals surface area (Å²) in [6.45, 7) is 8.23. The highest BCUT2D eigenvalue weighted by atomic mass is 35.5. The number of hydrogen-bond acceptors (Lipinski definition) is 4. The summed E-state index contributed by atoms with van der Waals surface area (Å²) in [5, 5.41) is 15.0. The molecular formula is C20H31Cl2F3N2O2. The molecule has 1 aromatic carbocycles. The standard InChI is InChI=1S/C20H29F3N2O2.2ClH/c1-18(2)7-4-8-19(18,26)17(14-25-11-9-24-10-12-25)15-5-3-6-16(13-15)27-20(21,22)23;;/h3,5-6,13,17,24,26H,4,7-12,14H2,1-2H3;2*1H. The van der Waals surface area contributed by atoms with Gasteiger partial charge >= 0.3 is 6.36 Å². The quantitative estimate of drug-likeness (QED) is 0.687. The summed E-state index contributed by atoms with van der Waals surface area (Å²) in [4.78, 5) is 2.28. The number of piperazine rings is 1. The van der Waals surface area contributed by atoms with E-state index in [1.807, 2.05) is 6.07 Å². The maximum atomic E-state index is 12.7. The molecule has 0 spiro atoms. The van der Waals surface area contributed by atoms with Crippen LogP contribution in [0.4, 0.5) is 13.2 Å². The van der Waals surface area contributed by atoms with Gasteiger partial charge in [0.05, 0.1) is 5.60 Å². The summed E-state index contributed by atoms with van der Waals surface area (Å²) in [6, 6.07) is 6.13. The predicted molar refractivity (Wildman–Crippen MR) is 112 cm³/mol. The number of nitrogens with zero attached hydrogens (tertiary/aromatic N) is 1. The van der Waals surface area contributed by atoms with Crippen LogP contribution in [0.3, 0.4) is 0 Å². The lowest BCUT2D eigenvalue weighted by Crippen LogP contribution is -2.52. The Morgan fingerprint density at radius 2 is 1.83 bits per heavy atom. The van der Waals surface area contributed by atoms with Crippen LogP contribution >= 0.6 is 24.8 Å². The number of hydrogen-bond donors (Lipinski definition) is 2. The first-order valence-corrected chi connectivity index (χ1v) is 9.62. The molecule has 2 fully saturated rings. The minimum atomic E-state index is -4.73. The topological polar surface area (TPSA) is 44.7 Å². The summed E-state index contributed by atoms with van der Waals surface area (Å²) in [6.07, 6.45) is -2.25. The van der Waals surface area contributed by atoms with Crippen molar-refractivity contribution < 1.29 is 23.0 Å². The molecule has 2 atom stereocenters. The third kappa shape index (κ3) is 6.14. The maximum Gasteiger partial charge on any atom is 0.573 e. The van der Waals surface area contributed by atoms with E-state index >= 15 is 0 Å². The summed E-state index contributed by atoms with van der Waals surface area (Å²) < 4.78 is 42.1. The lowest BCUT2D eigenvalue weighted by molar-refractivity contribution is -0.274. The molecule has 1 aliphatic carbocycles. The van der Waals surface area contributed by atoms with Crippen LogP contribution in [-0.2, 0) is 0 Å². The minimum absolute atomic E-state index is 0. The van der Waals surface area contributed by atoms with Crippen molar-refractivity contribution in [1.82, 2.24) is 10.2 Å². The van der Waals surface area contributed by atoms with Crippen LogP contribution in [0.5, 0.6) is 5.75 Å². The van der Waals surface area contributed by atoms with Crippen molar-refractivity contribution in [3.05, 3.63) is 29.8 Å². The van der Waals surface area contributed by atoms with Gasteiger partial charge in [-0.15, -0.1) is 38.0 Å². The number of halogens is 5. The second-order valence-electron chi connectivity index (χ2n) is 8.39. The highest BCUT2D eigenvalue weighted by molar-refractivity contribution is 5.85. The van der Waals surface area contributed by atoms with Gasteiger partial charge in [0.2, 0.25) is 0 Å². The fourth-order valence-corrected chi connectivity index (χ4v) is 4.61. The Labute approximate surface area is 183 Å². The van der Waals surface area contributed by atoms with Crippen LogP contribution in [0.2, 0.25) is 0 Å². The first-order chi connectivity index (χ1) is 12.6. The molecule has 0 aromatic heterocycles. The summed E-state index contributed by atoms with van der Waals surface area (Å²) in [7, 11) is 0. The van der Waals surface area contributed by atoms with Crippen LogP contribution in [0.15, 0.2) is 24.3 Å². The molecular weight excluding hydrogens is 428 g/mol. The lowest BCUT2D eigenvalue weighted by Gasteiger charge is -2.45. The van der Waals surface area contributed by atoms with Gasteiger partial charge in [-0.1, -0.05) is 26.0 Å². The summed E-state index contributed by atoms with van der Waals surface area (Å²) >= 11 is 0. The zero-order valence-electron chi connectivity index (χ0n) is 16.8. The normalized spacial score (nSPS) is 25.6. The molecule has 29 heavy (non-hydrogen) atoms. The number of aliphatic hydroxyl groups is 1. The first-order valence-electron chi connectivity index (χ1n) is 9.62. The van der Waals surface area contributed by atoms with Crippen molar-refractivity contribution in [3.63, 3.8) is 0 Å². The fourth-order valence-electron chi connectivity index (χ4n) is 4.61. The van der Waals surface area contributed by atoms with Crippen molar-refractivity contribution in [3.8, 4) is 5.75 Å². The van der Waals surface area contributed by atoms with E-state index in [2.05, 4.69) is 28.8 Å². The Morgan fingerprint density at radius 1 is 1.17 bits per heavy atom. The smallest absolute Gasteiger partial charge is 0.406 e. The highest BCUT2D eigenvalue weighted by Gasteiger charge is 2.53. The summed E-state index contributed by atoms with van der Waals surface area (Å²) in [5.41, 5.74) is -0.561. The SMILES string of the molecule is CC1(C)CCCC1(O)C(CN1CCNCC1)c1cccc(OC(F)(F)F)c1.Cl.Cl. The minimum Gasteiger partial charge on any atom is -0.406 e. The van der Waals surface area contributed by atoms with Crippen LogP contribution < -0.4 is 10.1 Å². The van der Waals surface area contributed by atoms with Gasteiger partial charge in [-0.3, -0.25) is 0 Å². The Balaban J connectivity index is 0.00000210. The van der Waals surface area contributed by atoms with Gasteiger partial charge in [0, 0.05) is 38.6 Å². The average molecular weight is 459 g/mol. The zero-order chi connectivity index (χ0) is 19.7. The van der Waals surface area contributed by atoms with Crippen molar-refractivity contribution in [2.24, 2.45) is 5.41 Å². The summed E-state index contributed by atoms with van der Waals surface area (Å²) in [5.74, 6) is -0.505. The van der Waals surface area contributed by atoms with Gasteiger partial charge < -0.3 is 20.1 Å². The monoisotopic (exact) mass is 458 g/mol. The van der Waals surface area contributed by atoms with E-state index in [9.17, 15) is 18.3 Å². The molecule has 2 aliphatic rings. The lowest BCUT2D eigenvalue weighted by atomic mass is 9.67. The fraction of sp³-hybridized carbons (Fsp3) is 0.700. The molecule has 0 amide bonds. The Hall–Kier alpha value is -0.730. The van der Waals surface area contributed by atoms with Gasteiger partial charge in [0.25, 0.3) is 0 Å². The number of alkyl halides is 3. The largest absolute Gasteiger partial charge is 0.573 e. The van der Waals surface area contributed by atoms with Gasteiger partial charge in [-0.05, 0) is 42.4 Å². The van der Waals surface area contributed by atoms with Crippen LogP contribution in [0, 0.1) is 5.41 Å². The molecule has 2 N–H and O–H groups in total. The molecule has 1 saturated heterocycles. The van der Waals surface area contributed by atoms with Crippen molar-refractivity contribution in [1.29, 1.82) is 0 Å². The van der Waals surface area contributed by atoms with E-state index in [0.717, 1.165) is 39.0 Å². The molecule has 9 heteroatoms. The molecule has 2 unspecified atom stereocenters. The Bertz CT molecular complexity index is 655. The van der Waals surface area contributed by atoms with Crippen LogP contribution in [0.1, 0.15) is 44.6 Å². The number of nitrogens with one attached hydrogen (secondary N) is 1. The van der Waals surface area contributed by atoms with Gasteiger partial charge in [-0.2, -0.15) is 0 Å². The van der Waals surface area contributed by atoms with E-state index in [1.165, 1.54) is 12.1 Å². The maximum absolute atomic E-state index is 12.7. The Morgan fingerprint density at radius 3 is 2.38 bits per heavy atom. The van der Waals surface area contributed by atoms with E-state index < -0.39 is 12.0 Å². The van der Waals surface area contributed by atoms with Crippen molar-refractivity contribution in [2.45, 2.75) is 51.0 Å². The molecule has 1 saturated carbocycles. The zero-order valence-corrected chi connectivity index (χ0v) is 18.4. The molecule has 168 valence electrons. The highest BCUT2D eigenvalue weighted by Crippen LogP contribution is 2.53. The molecule has 1 heterocycles. The number of rotatable bonds is 5. The van der Waals surface area contributed by atoms with E-state index in [0.29, 0.717) is 18.5 Å². The molecule has 0 bridgehead atoms. The van der Waals surface area contributed by atoms with Crippen LogP contribution in [-0.4, -0.2) is 54.7 Å². The molecule has 1 aliphatic heterocycles. The van der Waals surface area contributed by atoms with E-state index in [-0.39, 0.29) is 41.9 Å². The average Bonchev–Trinajstić information content (AvgIpc) is 2.86.